The summed E-state index contributed by atoms with van der Waals surface area (Å²) in [5.74, 6) is -0.251. The maximum Gasteiger partial charge on any atom is 0.326 e. The highest BCUT2D eigenvalue weighted by Crippen LogP contribution is 2.36. The Hall–Kier alpha value is -3.34. The highest BCUT2D eigenvalue weighted by atomic mass is 32.2. The second kappa shape index (κ2) is 9.44. The van der Waals surface area contributed by atoms with Crippen LogP contribution in [0, 0.1) is 17.0 Å². The molecular formula is C19H22N2O8S. The van der Waals surface area contributed by atoms with E-state index in [-0.39, 0.29) is 28.6 Å². The first-order chi connectivity index (χ1) is 14.1. The van der Waals surface area contributed by atoms with Crippen LogP contribution in [0.5, 0.6) is 11.5 Å². The van der Waals surface area contributed by atoms with Crippen LogP contribution >= 0.6 is 0 Å². The van der Waals surface area contributed by atoms with Gasteiger partial charge >= 0.3 is 5.97 Å². The first kappa shape index (κ1) is 22.9. The molecule has 0 heterocycles. The lowest BCUT2D eigenvalue weighted by Crippen LogP contribution is -2.37. The number of ether oxygens (including phenoxy) is 3. The normalized spacial score (nSPS) is 10.9. The standard InChI is InChI=1S/C19H22N2O8S/c1-5-29-19(22)12-20(16-9-7-14(27-3)10-18(16)28-4)30(25,26)15-8-6-13(2)17(11-15)21(23)24/h6-11H,5,12H2,1-4H3. The van der Waals surface area contributed by atoms with Crippen molar-refractivity contribution in [2.24, 2.45) is 0 Å². The number of hydrogen-bond donors (Lipinski definition) is 0. The number of aryl methyl sites for hydroxylation is 1. The first-order valence-electron chi connectivity index (χ1n) is 8.81. The fraction of sp³-hybridized carbons (Fsp3) is 0.316. The Kier molecular flexibility index (Phi) is 7.22. The summed E-state index contributed by atoms with van der Waals surface area (Å²) in [5.41, 5.74) is 0.00126. The van der Waals surface area contributed by atoms with Crippen LogP contribution in [0.15, 0.2) is 41.3 Å². The molecule has 0 spiro atoms. The number of rotatable bonds is 9. The fourth-order valence-corrected chi connectivity index (χ4v) is 4.13. The molecule has 162 valence electrons. The van der Waals surface area contributed by atoms with E-state index in [1.807, 2.05) is 0 Å². The molecule has 2 aromatic rings. The van der Waals surface area contributed by atoms with Gasteiger partial charge in [-0.25, -0.2) is 8.42 Å². The van der Waals surface area contributed by atoms with E-state index in [0.717, 1.165) is 10.4 Å². The van der Waals surface area contributed by atoms with Crippen LogP contribution in [0.3, 0.4) is 0 Å². The molecule has 0 aliphatic heterocycles. The number of anilines is 1. The number of sulfonamides is 1. The largest absolute Gasteiger partial charge is 0.497 e. The van der Waals surface area contributed by atoms with Gasteiger partial charge in [-0.05, 0) is 32.0 Å². The third kappa shape index (κ3) is 4.79. The van der Waals surface area contributed by atoms with E-state index < -0.39 is 27.5 Å². The number of methoxy groups -OCH3 is 2. The van der Waals surface area contributed by atoms with E-state index >= 15 is 0 Å². The molecule has 0 saturated heterocycles. The van der Waals surface area contributed by atoms with Gasteiger partial charge in [0, 0.05) is 17.7 Å². The summed E-state index contributed by atoms with van der Waals surface area (Å²) in [5, 5.41) is 11.3. The summed E-state index contributed by atoms with van der Waals surface area (Å²) < 4.78 is 42.9. The number of carbonyl (C=O) groups is 1. The molecule has 0 atom stereocenters. The Labute approximate surface area is 174 Å². The van der Waals surface area contributed by atoms with Gasteiger partial charge in [-0.1, -0.05) is 6.07 Å². The lowest BCUT2D eigenvalue weighted by atomic mass is 10.2. The summed E-state index contributed by atoms with van der Waals surface area (Å²) in [4.78, 5) is 22.4. The molecule has 30 heavy (non-hydrogen) atoms. The van der Waals surface area contributed by atoms with Crippen LogP contribution in [0.1, 0.15) is 12.5 Å². The zero-order chi connectivity index (χ0) is 22.5. The Morgan fingerprint density at radius 2 is 1.83 bits per heavy atom. The van der Waals surface area contributed by atoms with Gasteiger partial charge in [0.15, 0.2) is 0 Å². The Morgan fingerprint density at radius 1 is 1.13 bits per heavy atom. The van der Waals surface area contributed by atoms with Crippen LogP contribution in [0.2, 0.25) is 0 Å². The number of hydrogen-bond acceptors (Lipinski definition) is 8. The topological polar surface area (TPSA) is 125 Å². The average Bonchev–Trinajstić information content (AvgIpc) is 2.71. The third-order valence-corrected chi connectivity index (χ3v) is 5.95. The van der Waals surface area contributed by atoms with E-state index in [1.165, 1.54) is 51.5 Å². The SMILES string of the molecule is CCOC(=O)CN(c1ccc(OC)cc1OC)S(=O)(=O)c1ccc(C)c([N+](=O)[O-])c1. The lowest BCUT2D eigenvalue weighted by molar-refractivity contribution is -0.385. The van der Waals surface area contributed by atoms with Crippen LogP contribution in [0.4, 0.5) is 11.4 Å². The molecule has 0 aromatic heterocycles. The molecule has 0 saturated carbocycles. The van der Waals surface area contributed by atoms with E-state index in [4.69, 9.17) is 14.2 Å². The van der Waals surface area contributed by atoms with Crippen molar-refractivity contribution in [3.05, 3.63) is 52.1 Å². The number of carbonyl (C=O) groups excluding carboxylic acids is 1. The molecule has 0 aliphatic carbocycles. The van der Waals surface area contributed by atoms with Crippen molar-refractivity contribution in [1.29, 1.82) is 0 Å². The monoisotopic (exact) mass is 438 g/mol. The van der Waals surface area contributed by atoms with Crippen molar-refractivity contribution in [1.82, 2.24) is 0 Å². The molecule has 11 heteroatoms. The minimum Gasteiger partial charge on any atom is -0.497 e. The lowest BCUT2D eigenvalue weighted by Gasteiger charge is -2.25. The summed E-state index contributed by atoms with van der Waals surface area (Å²) in [7, 11) is -1.61. The smallest absolute Gasteiger partial charge is 0.326 e. The molecule has 0 aliphatic rings. The molecule has 0 fully saturated rings. The Bertz CT molecular complexity index is 1050. The summed E-state index contributed by atoms with van der Waals surface area (Å²) in [6, 6.07) is 7.91. The summed E-state index contributed by atoms with van der Waals surface area (Å²) >= 11 is 0. The minimum absolute atomic E-state index is 0.0505. The predicted molar refractivity (Wildman–Crippen MR) is 109 cm³/mol. The molecule has 2 rings (SSSR count). The van der Waals surface area contributed by atoms with Crippen molar-refractivity contribution in [2.45, 2.75) is 18.7 Å². The van der Waals surface area contributed by atoms with Gasteiger partial charge in [0.05, 0.1) is 36.3 Å². The quantitative estimate of drug-likeness (QED) is 0.332. The van der Waals surface area contributed by atoms with Gasteiger partial charge in [0.2, 0.25) is 0 Å². The maximum atomic E-state index is 13.4. The van der Waals surface area contributed by atoms with E-state index in [0.29, 0.717) is 11.3 Å². The summed E-state index contributed by atoms with van der Waals surface area (Å²) in [6.07, 6.45) is 0. The fourth-order valence-electron chi connectivity index (χ4n) is 2.69. The van der Waals surface area contributed by atoms with E-state index in [2.05, 4.69) is 0 Å². The zero-order valence-electron chi connectivity index (χ0n) is 16.9. The van der Waals surface area contributed by atoms with Crippen molar-refractivity contribution >= 4 is 27.4 Å². The molecule has 0 bridgehead atoms. The highest BCUT2D eigenvalue weighted by Gasteiger charge is 2.31. The van der Waals surface area contributed by atoms with Gasteiger partial charge in [-0.2, -0.15) is 0 Å². The Morgan fingerprint density at radius 3 is 2.40 bits per heavy atom. The van der Waals surface area contributed by atoms with Crippen LogP contribution in [-0.2, 0) is 19.6 Å². The molecule has 0 unspecified atom stereocenters. The van der Waals surface area contributed by atoms with Crippen LogP contribution in [0.25, 0.3) is 0 Å². The van der Waals surface area contributed by atoms with Crippen LogP contribution in [-0.4, -0.2) is 46.7 Å². The van der Waals surface area contributed by atoms with Gasteiger partial charge in [-0.3, -0.25) is 19.2 Å². The second-order valence-electron chi connectivity index (χ2n) is 6.06. The number of nitrogens with zero attached hydrogens (tertiary/aromatic N) is 2. The predicted octanol–water partition coefficient (Wildman–Crippen LogP) is 2.68. The number of nitro benzene ring substituents is 1. The van der Waals surface area contributed by atoms with Gasteiger partial charge < -0.3 is 14.2 Å². The Balaban J connectivity index is 2.67. The third-order valence-electron chi connectivity index (χ3n) is 4.20. The second-order valence-corrected chi connectivity index (χ2v) is 7.92. The van der Waals surface area contributed by atoms with E-state index in [9.17, 15) is 23.3 Å². The molecule has 0 radical (unpaired) electrons. The minimum atomic E-state index is -4.39. The maximum absolute atomic E-state index is 13.4. The summed E-state index contributed by atoms with van der Waals surface area (Å²) in [6.45, 7) is 2.49. The number of esters is 1. The number of nitro groups is 1. The average molecular weight is 438 g/mol. The van der Waals surface area contributed by atoms with Gasteiger partial charge in [0.1, 0.15) is 18.0 Å². The van der Waals surface area contributed by atoms with Crippen molar-refractivity contribution in [3.8, 4) is 11.5 Å². The molecule has 0 N–H and O–H groups in total. The van der Waals surface area contributed by atoms with Crippen molar-refractivity contribution in [3.63, 3.8) is 0 Å². The molecule has 2 aromatic carbocycles. The first-order valence-corrected chi connectivity index (χ1v) is 10.2. The molecule has 0 amide bonds. The highest BCUT2D eigenvalue weighted by molar-refractivity contribution is 7.92. The van der Waals surface area contributed by atoms with Crippen molar-refractivity contribution in [2.75, 3.05) is 31.7 Å². The van der Waals surface area contributed by atoms with Crippen LogP contribution < -0.4 is 13.8 Å². The van der Waals surface area contributed by atoms with Gasteiger partial charge in [-0.15, -0.1) is 0 Å². The molecular weight excluding hydrogens is 416 g/mol. The number of benzene rings is 2. The zero-order valence-corrected chi connectivity index (χ0v) is 17.8. The van der Waals surface area contributed by atoms with E-state index in [1.54, 1.807) is 6.92 Å². The molecule has 10 nitrogen and oxygen atoms in total. The van der Waals surface area contributed by atoms with Gasteiger partial charge in [0.25, 0.3) is 15.7 Å². The van der Waals surface area contributed by atoms with Crippen molar-refractivity contribution < 1.29 is 32.3 Å².